The summed E-state index contributed by atoms with van der Waals surface area (Å²) in [6.07, 6.45) is 0.844. The normalized spacial score (nSPS) is 14.4. The Labute approximate surface area is 185 Å². The third-order valence-corrected chi connectivity index (χ3v) is 7.02. The monoisotopic (exact) mass is 444 g/mol. The van der Waals surface area contributed by atoms with Gasteiger partial charge >= 0.3 is 0 Å². The Hall–Kier alpha value is -2.58. The third kappa shape index (κ3) is 5.37. The third-order valence-electron chi connectivity index (χ3n) is 5.64. The molecule has 2 aromatic carbocycles. The zero-order valence-corrected chi connectivity index (χ0v) is 19.3. The molecular weight excluding hydrogens is 412 g/mol. The lowest BCUT2D eigenvalue weighted by Gasteiger charge is -2.31. The minimum absolute atomic E-state index is 0.107. The van der Waals surface area contributed by atoms with Gasteiger partial charge in [-0.3, -0.25) is 9.52 Å². The number of hydrogen-bond acceptors (Lipinski definition) is 5. The van der Waals surface area contributed by atoms with E-state index in [1.807, 2.05) is 39.0 Å². The van der Waals surface area contributed by atoms with Crippen LogP contribution in [0, 0.1) is 0 Å². The van der Waals surface area contributed by atoms with E-state index in [9.17, 15) is 13.2 Å². The predicted molar refractivity (Wildman–Crippen MR) is 125 cm³/mol. The van der Waals surface area contributed by atoms with Crippen molar-refractivity contribution in [2.45, 2.75) is 32.1 Å². The lowest BCUT2D eigenvalue weighted by atomic mass is 10.1. The smallest absolute Gasteiger partial charge is 0.261 e. The first kappa shape index (κ1) is 23.1. The molecule has 168 valence electrons. The van der Waals surface area contributed by atoms with E-state index in [2.05, 4.69) is 14.9 Å². The van der Waals surface area contributed by atoms with Crippen LogP contribution in [-0.2, 0) is 16.4 Å². The molecule has 7 nitrogen and oxygen atoms in total. The highest BCUT2D eigenvalue weighted by atomic mass is 32.2. The molecule has 2 aromatic rings. The number of rotatable bonds is 8. The van der Waals surface area contributed by atoms with Gasteiger partial charge in [0.25, 0.3) is 15.9 Å². The Balaban J connectivity index is 1.99. The fourth-order valence-electron chi connectivity index (χ4n) is 3.73. The van der Waals surface area contributed by atoms with E-state index in [4.69, 9.17) is 0 Å². The number of carbonyl (C=O) groups is 1. The standard InChI is InChI=1S/C23H32N4O3S/c1-4-18-7-10-20(11-8-18)31(29,30)25-21-17-19(23(28)26(5-2)6-3)9-12-22(21)27-15-13-24-14-16-27/h7-12,17,24-25H,4-6,13-16H2,1-3H3. The molecule has 3 rings (SSSR count). The van der Waals surface area contributed by atoms with Crippen molar-refractivity contribution in [3.05, 3.63) is 53.6 Å². The SMILES string of the molecule is CCc1ccc(S(=O)(=O)Nc2cc(C(=O)N(CC)CC)ccc2N2CCNCC2)cc1. The van der Waals surface area contributed by atoms with Gasteiger partial charge in [-0.25, -0.2) is 8.42 Å². The van der Waals surface area contributed by atoms with Crippen molar-refractivity contribution in [1.82, 2.24) is 10.2 Å². The van der Waals surface area contributed by atoms with Gasteiger partial charge in [-0.2, -0.15) is 0 Å². The van der Waals surface area contributed by atoms with Crippen LogP contribution in [0.2, 0.25) is 0 Å². The molecule has 1 saturated heterocycles. The molecule has 0 spiro atoms. The van der Waals surface area contributed by atoms with Crippen molar-refractivity contribution >= 4 is 27.3 Å². The first-order valence-electron chi connectivity index (χ1n) is 10.9. The van der Waals surface area contributed by atoms with E-state index >= 15 is 0 Å². The number of carbonyl (C=O) groups excluding carboxylic acids is 1. The summed E-state index contributed by atoms with van der Waals surface area (Å²) in [4.78, 5) is 16.9. The summed E-state index contributed by atoms with van der Waals surface area (Å²) in [5.41, 5.74) is 2.76. The number of benzene rings is 2. The first-order valence-corrected chi connectivity index (χ1v) is 12.4. The van der Waals surface area contributed by atoms with Gasteiger partial charge in [0.1, 0.15) is 0 Å². The number of sulfonamides is 1. The van der Waals surface area contributed by atoms with Gasteiger partial charge in [0.15, 0.2) is 0 Å². The van der Waals surface area contributed by atoms with Crippen LogP contribution in [0.25, 0.3) is 0 Å². The number of nitrogens with one attached hydrogen (secondary N) is 2. The first-order chi connectivity index (χ1) is 14.9. The Morgan fingerprint density at radius 2 is 1.68 bits per heavy atom. The molecule has 1 heterocycles. The molecule has 0 aliphatic carbocycles. The van der Waals surface area contributed by atoms with Gasteiger partial charge < -0.3 is 15.1 Å². The van der Waals surface area contributed by atoms with Crippen molar-refractivity contribution < 1.29 is 13.2 Å². The fourth-order valence-corrected chi connectivity index (χ4v) is 4.80. The van der Waals surface area contributed by atoms with Crippen LogP contribution in [0.5, 0.6) is 0 Å². The van der Waals surface area contributed by atoms with Crippen LogP contribution in [0.4, 0.5) is 11.4 Å². The summed E-state index contributed by atoms with van der Waals surface area (Å²) < 4.78 is 29.0. The van der Waals surface area contributed by atoms with Gasteiger partial charge in [0.05, 0.1) is 16.3 Å². The van der Waals surface area contributed by atoms with Crippen LogP contribution in [-0.4, -0.2) is 58.5 Å². The van der Waals surface area contributed by atoms with E-state index in [1.54, 1.807) is 29.2 Å². The highest BCUT2D eigenvalue weighted by molar-refractivity contribution is 7.92. The van der Waals surface area contributed by atoms with Crippen molar-refractivity contribution in [2.24, 2.45) is 0 Å². The van der Waals surface area contributed by atoms with Crippen LogP contribution < -0.4 is 14.9 Å². The Morgan fingerprint density at radius 1 is 1.03 bits per heavy atom. The number of nitrogens with zero attached hydrogens (tertiary/aromatic N) is 2. The summed E-state index contributed by atoms with van der Waals surface area (Å²) in [6, 6.07) is 12.2. The molecule has 0 radical (unpaired) electrons. The second-order valence-electron chi connectivity index (χ2n) is 7.55. The molecule has 1 aliphatic rings. The molecule has 0 saturated carbocycles. The second-order valence-corrected chi connectivity index (χ2v) is 9.23. The minimum Gasteiger partial charge on any atom is -0.367 e. The maximum atomic E-state index is 13.1. The predicted octanol–water partition coefficient (Wildman–Crippen LogP) is 2.94. The lowest BCUT2D eigenvalue weighted by Crippen LogP contribution is -2.43. The highest BCUT2D eigenvalue weighted by Gasteiger charge is 2.22. The van der Waals surface area contributed by atoms with E-state index in [1.165, 1.54) is 0 Å². The molecule has 1 fully saturated rings. The number of anilines is 2. The Kier molecular flexibility index (Phi) is 7.56. The lowest BCUT2D eigenvalue weighted by molar-refractivity contribution is 0.0773. The maximum absolute atomic E-state index is 13.1. The Bertz CT molecular complexity index is 996. The number of aryl methyl sites for hydroxylation is 1. The summed E-state index contributed by atoms with van der Waals surface area (Å²) in [5.74, 6) is -0.107. The van der Waals surface area contributed by atoms with Crippen molar-refractivity contribution in [3.63, 3.8) is 0 Å². The van der Waals surface area contributed by atoms with E-state index in [0.717, 1.165) is 43.9 Å². The molecule has 1 aliphatic heterocycles. The average Bonchev–Trinajstić information content (AvgIpc) is 2.80. The van der Waals surface area contributed by atoms with Gasteiger partial charge in [-0.1, -0.05) is 19.1 Å². The van der Waals surface area contributed by atoms with Gasteiger partial charge in [-0.05, 0) is 56.2 Å². The van der Waals surface area contributed by atoms with Crippen LogP contribution in [0.15, 0.2) is 47.4 Å². The quantitative estimate of drug-likeness (QED) is 0.654. The zero-order chi connectivity index (χ0) is 22.4. The van der Waals surface area contributed by atoms with Gasteiger partial charge in [0, 0.05) is 44.8 Å². The summed E-state index contributed by atoms with van der Waals surface area (Å²) >= 11 is 0. The van der Waals surface area contributed by atoms with E-state index in [-0.39, 0.29) is 10.8 Å². The molecule has 31 heavy (non-hydrogen) atoms. The minimum atomic E-state index is -3.79. The molecular formula is C23H32N4O3S. The topological polar surface area (TPSA) is 81.8 Å². The average molecular weight is 445 g/mol. The maximum Gasteiger partial charge on any atom is 0.261 e. The summed E-state index contributed by atoms with van der Waals surface area (Å²) in [7, 11) is -3.79. The van der Waals surface area contributed by atoms with E-state index in [0.29, 0.717) is 24.3 Å². The highest BCUT2D eigenvalue weighted by Crippen LogP contribution is 2.30. The molecule has 0 atom stereocenters. The molecule has 2 N–H and O–H groups in total. The zero-order valence-electron chi connectivity index (χ0n) is 18.5. The largest absolute Gasteiger partial charge is 0.367 e. The van der Waals surface area contributed by atoms with Crippen molar-refractivity contribution in [2.75, 3.05) is 48.9 Å². The second kappa shape index (κ2) is 10.2. The van der Waals surface area contributed by atoms with Gasteiger partial charge in [0.2, 0.25) is 0 Å². The number of hydrogen-bond donors (Lipinski definition) is 2. The van der Waals surface area contributed by atoms with Crippen molar-refractivity contribution in [1.29, 1.82) is 0 Å². The Morgan fingerprint density at radius 3 is 2.26 bits per heavy atom. The molecule has 0 aromatic heterocycles. The van der Waals surface area contributed by atoms with Crippen LogP contribution in [0.3, 0.4) is 0 Å². The molecule has 1 amide bonds. The molecule has 0 bridgehead atoms. The summed E-state index contributed by atoms with van der Waals surface area (Å²) in [6.45, 7) is 10.3. The number of piperazine rings is 1. The summed E-state index contributed by atoms with van der Waals surface area (Å²) in [5, 5.41) is 3.31. The van der Waals surface area contributed by atoms with E-state index < -0.39 is 10.0 Å². The van der Waals surface area contributed by atoms with Crippen LogP contribution >= 0.6 is 0 Å². The fraction of sp³-hybridized carbons (Fsp3) is 0.435. The van der Waals surface area contributed by atoms with Gasteiger partial charge in [-0.15, -0.1) is 0 Å². The molecule has 8 heteroatoms. The number of amides is 1. The van der Waals surface area contributed by atoms with Crippen molar-refractivity contribution in [3.8, 4) is 0 Å². The molecule has 0 unspecified atom stereocenters. The van der Waals surface area contributed by atoms with Crippen LogP contribution in [0.1, 0.15) is 36.7 Å².